The number of nitrogens with zero attached hydrogens (tertiary/aromatic N) is 1. The maximum absolute atomic E-state index is 5.51. The predicted octanol–water partition coefficient (Wildman–Crippen LogP) is 1.18. The van der Waals surface area contributed by atoms with Gasteiger partial charge in [0.05, 0.1) is 0 Å². The van der Waals surface area contributed by atoms with Gasteiger partial charge in [0.25, 0.3) is 0 Å². The normalized spacial score (nSPS) is 12.7. The zero-order chi connectivity index (χ0) is 10.3. The molecule has 2 nitrogen and oxygen atoms in total. The Morgan fingerprint density at radius 3 is 2.15 bits per heavy atom. The smallest absolute Gasteiger partial charge is 0.146 e. The third kappa shape index (κ3) is 6.24. The Morgan fingerprint density at radius 1 is 1.23 bits per heavy atom. The van der Waals surface area contributed by atoms with E-state index in [4.69, 9.17) is 4.43 Å². The largest absolute Gasteiger partial charge is 0.423 e. The number of rotatable bonds is 7. The molecule has 0 aliphatic carbocycles. The summed E-state index contributed by atoms with van der Waals surface area (Å²) in [5.41, 5.74) is 0.110. The minimum atomic E-state index is 0.110. The molecule has 0 atom stereocenters. The van der Waals surface area contributed by atoms with E-state index in [1.165, 1.54) is 32.5 Å². The molecule has 0 heterocycles. The molecule has 0 rings (SSSR count). The summed E-state index contributed by atoms with van der Waals surface area (Å²) >= 11 is 0. The van der Waals surface area contributed by atoms with Crippen LogP contribution in [-0.4, -0.2) is 40.6 Å². The van der Waals surface area contributed by atoms with Crippen molar-refractivity contribution in [1.82, 2.24) is 4.90 Å². The van der Waals surface area contributed by atoms with Gasteiger partial charge in [-0.2, -0.15) is 0 Å². The van der Waals surface area contributed by atoms with Crippen molar-refractivity contribution in [1.29, 1.82) is 0 Å². The van der Waals surface area contributed by atoms with Crippen LogP contribution in [0.15, 0.2) is 0 Å². The van der Waals surface area contributed by atoms with Crippen LogP contribution in [0.4, 0.5) is 0 Å². The summed E-state index contributed by atoms with van der Waals surface area (Å²) in [6.45, 7) is 12.3. The van der Waals surface area contributed by atoms with Gasteiger partial charge in [-0.25, -0.2) is 0 Å². The van der Waals surface area contributed by atoms with Crippen molar-refractivity contribution in [2.24, 2.45) is 0 Å². The fourth-order valence-electron chi connectivity index (χ4n) is 1.37. The highest BCUT2D eigenvalue weighted by Crippen LogP contribution is 2.14. The third-order valence-electron chi connectivity index (χ3n) is 2.70. The summed E-state index contributed by atoms with van der Waals surface area (Å²) < 4.78 is 5.51. The molecule has 0 saturated carbocycles. The molecule has 0 spiro atoms. The highest BCUT2D eigenvalue weighted by atomic mass is 28.2. The minimum absolute atomic E-state index is 0.110. The van der Waals surface area contributed by atoms with Crippen LogP contribution in [0.3, 0.4) is 0 Å². The van der Waals surface area contributed by atoms with E-state index in [1.807, 2.05) is 0 Å². The Balaban J connectivity index is 3.54. The topological polar surface area (TPSA) is 12.5 Å². The van der Waals surface area contributed by atoms with E-state index < -0.39 is 0 Å². The van der Waals surface area contributed by atoms with Crippen molar-refractivity contribution in [3.05, 3.63) is 0 Å². The van der Waals surface area contributed by atoms with Gasteiger partial charge >= 0.3 is 0 Å². The second-order valence-corrected chi connectivity index (χ2v) is 4.50. The molecule has 0 aromatic rings. The van der Waals surface area contributed by atoms with Gasteiger partial charge in [0.15, 0.2) is 0 Å². The van der Waals surface area contributed by atoms with Crippen LogP contribution < -0.4 is 0 Å². The average molecular weight is 203 g/mol. The van der Waals surface area contributed by atoms with Gasteiger partial charge < -0.3 is 9.33 Å². The van der Waals surface area contributed by atoms with Crippen LogP contribution in [-0.2, 0) is 4.43 Å². The minimum Gasteiger partial charge on any atom is -0.423 e. The van der Waals surface area contributed by atoms with E-state index in [0.717, 1.165) is 10.5 Å². The fourth-order valence-corrected chi connectivity index (χ4v) is 1.57. The van der Waals surface area contributed by atoms with Crippen LogP contribution in [0.2, 0.25) is 0 Å². The molecular formula is C10H25NOSi. The van der Waals surface area contributed by atoms with Crippen molar-refractivity contribution in [3.8, 4) is 0 Å². The molecule has 13 heavy (non-hydrogen) atoms. The van der Waals surface area contributed by atoms with Crippen LogP contribution in [0, 0.1) is 0 Å². The third-order valence-corrected chi connectivity index (χ3v) is 3.81. The number of hydrogen-bond donors (Lipinski definition) is 0. The van der Waals surface area contributed by atoms with Gasteiger partial charge in [0.1, 0.15) is 10.5 Å². The Bertz CT molecular complexity index is 124. The van der Waals surface area contributed by atoms with Crippen molar-refractivity contribution in [2.75, 3.05) is 19.6 Å². The van der Waals surface area contributed by atoms with E-state index >= 15 is 0 Å². The summed E-state index contributed by atoms with van der Waals surface area (Å²) in [6, 6.07) is 0. The fraction of sp³-hybridized carbons (Fsp3) is 1.00. The van der Waals surface area contributed by atoms with Crippen LogP contribution in [0.5, 0.6) is 0 Å². The molecule has 0 N–H and O–H groups in total. The summed E-state index contributed by atoms with van der Waals surface area (Å²) in [6.07, 6.45) is 2.42. The molecule has 0 aliphatic rings. The van der Waals surface area contributed by atoms with Gasteiger partial charge in [-0.3, -0.25) is 0 Å². The van der Waals surface area contributed by atoms with E-state index in [9.17, 15) is 0 Å². The molecule has 0 aliphatic heterocycles. The molecule has 0 unspecified atom stereocenters. The van der Waals surface area contributed by atoms with Gasteiger partial charge in [0.2, 0.25) is 0 Å². The molecular weight excluding hydrogens is 178 g/mol. The summed E-state index contributed by atoms with van der Waals surface area (Å²) in [4.78, 5) is 2.46. The maximum atomic E-state index is 5.51. The summed E-state index contributed by atoms with van der Waals surface area (Å²) in [5.74, 6) is 0. The van der Waals surface area contributed by atoms with Gasteiger partial charge in [0, 0.05) is 5.60 Å². The standard InChI is InChI=1S/C10H25NOSi/c1-5-11(6-2)9-7-8-10(3,4)12-13/h5-9H2,1-4,13H3. The lowest BCUT2D eigenvalue weighted by atomic mass is 10.0. The van der Waals surface area contributed by atoms with Gasteiger partial charge in [-0.15, -0.1) is 0 Å². The molecule has 0 aromatic carbocycles. The summed E-state index contributed by atoms with van der Waals surface area (Å²) in [5, 5.41) is 0. The van der Waals surface area contributed by atoms with E-state index in [1.54, 1.807) is 0 Å². The van der Waals surface area contributed by atoms with Crippen molar-refractivity contribution >= 4 is 10.5 Å². The molecule has 0 radical (unpaired) electrons. The van der Waals surface area contributed by atoms with E-state index in [2.05, 4.69) is 32.6 Å². The number of hydrogen-bond acceptors (Lipinski definition) is 2. The van der Waals surface area contributed by atoms with E-state index in [-0.39, 0.29) is 5.60 Å². The van der Waals surface area contributed by atoms with Gasteiger partial charge in [-0.05, 0) is 46.3 Å². The molecule has 0 amide bonds. The highest BCUT2D eigenvalue weighted by molar-refractivity contribution is 5.98. The quantitative estimate of drug-likeness (QED) is 0.576. The maximum Gasteiger partial charge on any atom is 0.146 e. The first kappa shape index (κ1) is 13.1. The molecule has 0 saturated heterocycles. The predicted molar refractivity (Wildman–Crippen MR) is 62.1 cm³/mol. The summed E-state index contributed by atoms with van der Waals surface area (Å²) in [7, 11) is 0.849. The van der Waals surface area contributed by atoms with E-state index in [0.29, 0.717) is 0 Å². The molecule has 3 heteroatoms. The zero-order valence-electron chi connectivity index (χ0n) is 9.89. The first-order valence-corrected chi connectivity index (χ1v) is 6.15. The molecule has 0 fully saturated rings. The molecule has 0 bridgehead atoms. The zero-order valence-corrected chi connectivity index (χ0v) is 11.9. The van der Waals surface area contributed by atoms with Crippen LogP contribution in [0.25, 0.3) is 0 Å². The lowest BCUT2D eigenvalue weighted by Crippen LogP contribution is -2.28. The Hall–Kier alpha value is 0.137. The van der Waals surface area contributed by atoms with Crippen LogP contribution in [0.1, 0.15) is 40.5 Å². The van der Waals surface area contributed by atoms with Crippen molar-refractivity contribution in [2.45, 2.75) is 46.1 Å². The molecule has 0 aromatic heterocycles. The lowest BCUT2D eigenvalue weighted by Gasteiger charge is -2.25. The first-order valence-electron chi connectivity index (χ1n) is 5.33. The van der Waals surface area contributed by atoms with Gasteiger partial charge in [-0.1, -0.05) is 13.8 Å². The lowest BCUT2D eigenvalue weighted by molar-refractivity contribution is 0.105. The monoisotopic (exact) mass is 203 g/mol. The van der Waals surface area contributed by atoms with Crippen molar-refractivity contribution in [3.63, 3.8) is 0 Å². The first-order chi connectivity index (χ1) is 6.05. The molecule has 80 valence electrons. The second-order valence-electron chi connectivity index (χ2n) is 4.09. The second kappa shape index (κ2) is 6.57. The Kier molecular flexibility index (Phi) is 6.64. The van der Waals surface area contributed by atoms with Crippen molar-refractivity contribution < 1.29 is 4.43 Å². The SMILES string of the molecule is CCN(CC)CCCC(C)(C)O[SiH3]. The highest BCUT2D eigenvalue weighted by Gasteiger charge is 2.14. The Labute approximate surface area is 86.2 Å². The Morgan fingerprint density at radius 2 is 1.77 bits per heavy atom. The van der Waals surface area contributed by atoms with Crippen LogP contribution >= 0.6 is 0 Å². The average Bonchev–Trinajstić information content (AvgIpc) is 2.12.